The van der Waals surface area contributed by atoms with E-state index in [1.807, 2.05) is 19.1 Å². The van der Waals surface area contributed by atoms with Gasteiger partial charge in [-0.05, 0) is 19.1 Å². The van der Waals surface area contributed by atoms with Crippen molar-refractivity contribution in [3.05, 3.63) is 29.8 Å². The first-order valence-electron chi connectivity index (χ1n) is 6.08. The maximum atomic E-state index is 11.5. The number of amides is 2. The maximum absolute atomic E-state index is 11.5. The zero-order valence-electron chi connectivity index (χ0n) is 11.7. The number of benzene rings is 1. The zero-order valence-corrected chi connectivity index (χ0v) is 11.7. The minimum atomic E-state index is -0.551. The van der Waals surface area contributed by atoms with Gasteiger partial charge in [0.05, 0.1) is 0 Å². The predicted octanol–water partition coefficient (Wildman–Crippen LogP) is 1.57. The van der Waals surface area contributed by atoms with Crippen molar-refractivity contribution in [1.82, 2.24) is 10.9 Å². The monoisotopic (exact) mass is 264 g/mol. The molecule has 0 atom stereocenters. The first-order valence-corrected chi connectivity index (χ1v) is 6.08. The lowest BCUT2D eigenvalue weighted by Gasteiger charge is -2.17. The largest absolute Gasteiger partial charge is 0.484 e. The quantitative estimate of drug-likeness (QED) is 0.814. The molecule has 0 saturated carbocycles. The summed E-state index contributed by atoms with van der Waals surface area (Å²) in [5, 5.41) is 0. The van der Waals surface area contributed by atoms with E-state index >= 15 is 0 Å². The van der Waals surface area contributed by atoms with Gasteiger partial charge in [0.15, 0.2) is 6.61 Å². The summed E-state index contributed by atoms with van der Waals surface area (Å²) in [6, 6.07) is 7.37. The number of carbonyl (C=O) groups is 2. The van der Waals surface area contributed by atoms with Gasteiger partial charge in [-0.1, -0.05) is 38.5 Å². The highest BCUT2D eigenvalue weighted by Gasteiger charge is 2.21. The van der Waals surface area contributed by atoms with Crippen LogP contribution >= 0.6 is 0 Å². The number of rotatable bonds is 3. The second-order valence-corrected chi connectivity index (χ2v) is 5.35. The van der Waals surface area contributed by atoms with Gasteiger partial charge < -0.3 is 4.74 Å². The van der Waals surface area contributed by atoms with Crippen molar-refractivity contribution in [2.45, 2.75) is 27.7 Å². The van der Waals surface area contributed by atoms with E-state index in [0.29, 0.717) is 5.75 Å². The van der Waals surface area contributed by atoms with Crippen LogP contribution in [0.5, 0.6) is 5.75 Å². The Kier molecular flexibility index (Phi) is 4.92. The number of ether oxygens (including phenoxy) is 1. The molecule has 0 unspecified atom stereocenters. The van der Waals surface area contributed by atoms with Crippen LogP contribution in [-0.2, 0) is 9.59 Å². The van der Waals surface area contributed by atoms with Gasteiger partial charge in [0, 0.05) is 5.41 Å². The van der Waals surface area contributed by atoms with E-state index in [0.717, 1.165) is 5.56 Å². The number of carbonyl (C=O) groups excluding carboxylic acids is 2. The SMILES string of the molecule is Cc1ccc(OCC(=O)NNC(=O)C(C)(C)C)cc1. The van der Waals surface area contributed by atoms with Crippen LogP contribution in [0.3, 0.4) is 0 Å². The summed E-state index contributed by atoms with van der Waals surface area (Å²) in [6.45, 7) is 7.11. The van der Waals surface area contributed by atoms with Gasteiger partial charge in [0.1, 0.15) is 5.75 Å². The van der Waals surface area contributed by atoms with Crippen LogP contribution in [0.2, 0.25) is 0 Å². The Morgan fingerprint density at radius 1 is 1.11 bits per heavy atom. The Balaban J connectivity index is 2.32. The number of nitrogens with one attached hydrogen (secondary N) is 2. The molecular weight excluding hydrogens is 244 g/mol. The van der Waals surface area contributed by atoms with Crippen molar-refractivity contribution in [1.29, 1.82) is 0 Å². The molecule has 0 aliphatic carbocycles. The molecule has 19 heavy (non-hydrogen) atoms. The van der Waals surface area contributed by atoms with Gasteiger partial charge in [-0.3, -0.25) is 20.4 Å². The Morgan fingerprint density at radius 2 is 1.68 bits per heavy atom. The molecular formula is C14H20N2O3. The van der Waals surface area contributed by atoms with E-state index in [9.17, 15) is 9.59 Å². The lowest BCUT2D eigenvalue weighted by Crippen LogP contribution is -2.48. The van der Waals surface area contributed by atoms with Crippen LogP contribution in [-0.4, -0.2) is 18.4 Å². The van der Waals surface area contributed by atoms with Crippen LogP contribution in [0.4, 0.5) is 0 Å². The third-order valence-corrected chi connectivity index (χ3v) is 2.39. The molecule has 1 aromatic carbocycles. The third-order valence-electron chi connectivity index (χ3n) is 2.39. The summed E-state index contributed by atoms with van der Waals surface area (Å²) in [5.74, 6) is -0.0442. The number of hydrogen-bond acceptors (Lipinski definition) is 3. The molecule has 1 aromatic rings. The van der Waals surface area contributed by atoms with Crippen LogP contribution in [0.25, 0.3) is 0 Å². The van der Waals surface area contributed by atoms with Crippen molar-refractivity contribution in [3.63, 3.8) is 0 Å². The lowest BCUT2D eigenvalue weighted by molar-refractivity contribution is -0.134. The van der Waals surface area contributed by atoms with Crippen molar-refractivity contribution in [3.8, 4) is 5.75 Å². The first kappa shape index (κ1) is 15.0. The van der Waals surface area contributed by atoms with Crippen molar-refractivity contribution >= 4 is 11.8 Å². The molecule has 0 aromatic heterocycles. The molecule has 0 saturated heterocycles. The molecule has 2 amide bonds. The second kappa shape index (κ2) is 6.22. The van der Waals surface area contributed by atoms with E-state index in [-0.39, 0.29) is 12.5 Å². The fraction of sp³-hybridized carbons (Fsp3) is 0.429. The number of hydrogen-bond donors (Lipinski definition) is 2. The molecule has 0 aliphatic heterocycles. The van der Waals surface area contributed by atoms with E-state index in [1.54, 1.807) is 32.9 Å². The van der Waals surface area contributed by atoms with E-state index in [2.05, 4.69) is 10.9 Å². The summed E-state index contributed by atoms with van der Waals surface area (Å²) < 4.78 is 5.28. The Hall–Kier alpha value is -2.04. The van der Waals surface area contributed by atoms with E-state index in [1.165, 1.54) is 0 Å². The summed E-state index contributed by atoms with van der Waals surface area (Å²) in [5.41, 5.74) is 5.23. The minimum absolute atomic E-state index is 0.145. The average molecular weight is 264 g/mol. The normalized spacial score (nSPS) is 10.7. The van der Waals surface area contributed by atoms with Gasteiger partial charge in [-0.25, -0.2) is 0 Å². The fourth-order valence-corrected chi connectivity index (χ4v) is 1.13. The summed E-state index contributed by atoms with van der Waals surface area (Å²) in [4.78, 5) is 23.0. The van der Waals surface area contributed by atoms with Gasteiger partial charge in [-0.15, -0.1) is 0 Å². The van der Waals surface area contributed by atoms with Gasteiger partial charge in [0.25, 0.3) is 5.91 Å². The molecule has 0 heterocycles. The third kappa shape index (κ3) is 5.42. The minimum Gasteiger partial charge on any atom is -0.484 e. The molecule has 0 bridgehead atoms. The molecule has 104 valence electrons. The lowest BCUT2D eigenvalue weighted by atomic mass is 9.96. The standard InChI is InChI=1S/C14H20N2O3/c1-10-5-7-11(8-6-10)19-9-12(17)15-16-13(18)14(2,3)4/h5-8H,9H2,1-4H3,(H,15,17)(H,16,18). The van der Waals surface area contributed by atoms with Crippen molar-refractivity contribution < 1.29 is 14.3 Å². The Bertz CT molecular complexity index is 447. The smallest absolute Gasteiger partial charge is 0.276 e. The molecule has 5 nitrogen and oxygen atoms in total. The van der Waals surface area contributed by atoms with Gasteiger partial charge in [-0.2, -0.15) is 0 Å². The molecule has 0 aliphatic rings. The van der Waals surface area contributed by atoms with Crippen LogP contribution in [0, 0.1) is 12.3 Å². The highest BCUT2D eigenvalue weighted by molar-refractivity contribution is 5.85. The molecule has 0 radical (unpaired) electrons. The number of aryl methyl sites for hydroxylation is 1. The second-order valence-electron chi connectivity index (χ2n) is 5.35. The molecule has 5 heteroatoms. The van der Waals surface area contributed by atoms with Gasteiger partial charge >= 0.3 is 0 Å². The molecule has 0 spiro atoms. The number of hydrazine groups is 1. The van der Waals surface area contributed by atoms with E-state index in [4.69, 9.17) is 4.74 Å². The van der Waals surface area contributed by atoms with Crippen LogP contribution in [0.15, 0.2) is 24.3 Å². The maximum Gasteiger partial charge on any atom is 0.276 e. The fourth-order valence-electron chi connectivity index (χ4n) is 1.13. The molecule has 2 N–H and O–H groups in total. The van der Waals surface area contributed by atoms with Crippen LogP contribution < -0.4 is 15.6 Å². The van der Waals surface area contributed by atoms with E-state index < -0.39 is 11.3 Å². The topological polar surface area (TPSA) is 67.4 Å². The summed E-state index contributed by atoms with van der Waals surface area (Å²) >= 11 is 0. The van der Waals surface area contributed by atoms with Gasteiger partial charge in [0.2, 0.25) is 5.91 Å². The summed E-state index contributed by atoms with van der Waals surface area (Å²) in [6.07, 6.45) is 0. The van der Waals surface area contributed by atoms with Crippen molar-refractivity contribution in [2.24, 2.45) is 5.41 Å². The highest BCUT2D eigenvalue weighted by atomic mass is 16.5. The Labute approximate surface area is 113 Å². The molecule has 1 rings (SSSR count). The van der Waals surface area contributed by atoms with Crippen molar-refractivity contribution in [2.75, 3.05) is 6.61 Å². The van der Waals surface area contributed by atoms with Crippen LogP contribution in [0.1, 0.15) is 26.3 Å². The zero-order chi connectivity index (χ0) is 14.5. The molecule has 0 fully saturated rings. The summed E-state index contributed by atoms with van der Waals surface area (Å²) in [7, 11) is 0. The Morgan fingerprint density at radius 3 is 2.21 bits per heavy atom. The predicted molar refractivity (Wildman–Crippen MR) is 72.4 cm³/mol. The average Bonchev–Trinajstić information content (AvgIpc) is 2.34. The first-order chi connectivity index (χ1) is 8.79. The highest BCUT2D eigenvalue weighted by Crippen LogP contribution is 2.12.